The molecule has 0 saturated carbocycles. The average molecular weight is 282 g/mol. The van der Waals surface area contributed by atoms with E-state index in [4.69, 9.17) is 9.84 Å². The van der Waals surface area contributed by atoms with E-state index in [9.17, 15) is 4.79 Å². The zero-order chi connectivity index (χ0) is 14.7. The quantitative estimate of drug-likeness (QED) is 0.925. The van der Waals surface area contributed by atoms with Crippen molar-refractivity contribution in [2.75, 3.05) is 6.61 Å². The first-order valence-corrected chi connectivity index (χ1v) is 7.28. The molecule has 0 saturated heterocycles. The Morgan fingerprint density at radius 3 is 2.90 bits per heavy atom. The zero-order valence-corrected chi connectivity index (χ0v) is 11.8. The highest BCUT2D eigenvalue weighted by Gasteiger charge is 2.20. The highest BCUT2D eigenvalue weighted by atomic mass is 16.5. The summed E-state index contributed by atoms with van der Waals surface area (Å²) in [6.07, 6.45) is 3.44. The minimum Gasteiger partial charge on any atom is -0.493 e. The van der Waals surface area contributed by atoms with Gasteiger partial charge in [0.2, 0.25) is 0 Å². The van der Waals surface area contributed by atoms with Crippen LogP contribution < -0.4 is 4.74 Å². The molecule has 0 spiro atoms. The predicted octanol–water partition coefficient (Wildman–Crippen LogP) is 3.88. The monoisotopic (exact) mass is 282 g/mol. The van der Waals surface area contributed by atoms with Crippen molar-refractivity contribution in [1.82, 2.24) is 0 Å². The first-order valence-electron chi connectivity index (χ1n) is 7.28. The van der Waals surface area contributed by atoms with E-state index in [-0.39, 0.29) is 5.56 Å². The summed E-state index contributed by atoms with van der Waals surface area (Å²) in [6, 6.07) is 15.2. The lowest BCUT2D eigenvalue weighted by Crippen LogP contribution is -2.16. The third-order valence-electron chi connectivity index (χ3n) is 4.03. The Labute approximate surface area is 124 Å². The highest BCUT2D eigenvalue weighted by Crippen LogP contribution is 2.32. The fraction of sp³-hybridized carbons (Fsp3) is 0.278. The molecule has 108 valence electrons. The summed E-state index contributed by atoms with van der Waals surface area (Å²) in [7, 11) is 0. The van der Waals surface area contributed by atoms with Crippen molar-refractivity contribution in [1.29, 1.82) is 0 Å². The van der Waals surface area contributed by atoms with E-state index in [1.165, 1.54) is 17.5 Å². The molecule has 21 heavy (non-hydrogen) atoms. The molecular formula is C18H18O3. The number of hydrogen-bond donors (Lipinski definition) is 1. The van der Waals surface area contributed by atoms with Crippen LogP contribution in [0.3, 0.4) is 0 Å². The van der Waals surface area contributed by atoms with Gasteiger partial charge < -0.3 is 9.84 Å². The predicted molar refractivity (Wildman–Crippen MR) is 81.0 cm³/mol. The van der Waals surface area contributed by atoms with Gasteiger partial charge in [-0.1, -0.05) is 30.3 Å². The third-order valence-corrected chi connectivity index (χ3v) is 4.03. The summed E-state index contributed by atoms with van der Waals surface area (Å²) in [5.41, 5.74) is 3.05. The van der Waals surface area contributed by atoms with E-state index in [1.807, 2.05) is 0 Å². The number of carboxylic acids is 1. The Bertz CT molecular complexity index is 648. The van der Waals surface area contributed by atoms with Gasteiger partial charge in [0.05, 0.1) is 12.2 Å². The van der Waals surface area contributed by atoms with E-state index >= 15 is 0 Å². The number of fused-ring (bicyclic) bond motifs is 1. The molecular weight excluding hydrogens is 264 g/mol. The van der Waals surface area contributed by atoms with E-state index < -0.39 is 5.97 Å². The first-order chi connectivity index (χ1) is 10.2. The molecule has 0 heterocycles. The molecule has 0 bridgehead atoms. The Morgan fingerprint density at radius 2 is 2.05 bits per heavy atom. The number of hydrogen-bond acceptors (Lipinski definition) is 2. The van der Waals surface area contributed by atoms with Crippen molar-refractivity contribution in [3.8, 4) is 5.75 Å². The summed E-state index contributed by atoms with van der Waals surface area (Å²) < 4.78 is 5.83. The maximum Gasteiger partial charge on any atom is 0.335 e. The molecule has 1 unspecified atom stereocenters. The van der Waals surface area contributed by atoms with Crippen LogP contribution in [0.4, 0.5) is 0 Å². The summed E-state index contributed by atoms with van der Waals surface area (Å²) in [4.78, 5) is 11.0. The van der Waals surface area contributed by atoms with Crippen molar-refractivity contribution in [2.45, 2.75) is 25.2 Å². The van der Waals surface area contributed by atoms with Crippen LogP contribution in [0, 0.1) is 0 Å². The normalized spacial score (nSPS) is 17.0. The number of benzene rings is 2. The molecule has 1 aliphatic carbocycles. The molecule has 1 N–H and O–H groups in total. The second-order valence-corrected chi connectivity index (χ2v) is 5.43. The number of rotatable bonds is 4. The number of carboxylic acid groups (broad SMARTS) is 1. The van der Waals surface area contributed by atoms with E-state index in [0.29, 0.717) is 18.3 Å². The van der Waals surface area contributed by atoms with Crippen molar-refractivity contribution >= 4 is 5.97 Å². The maximum atomic E-state index is 11.0. The number of aryl methyl sites for hydroxylation is 1. The highest BCUT2D eigenvalue weighted by molar-refractivity contribution is 5.87. The van der Waals surface area contributed by atoms with Gasteiger partial charge in [-0.15, -0.1) is 0 Å². The van der Waals surface area contributed by atoms with Gasteiger partial charge in [-0.2, -0.15) is 0 Å². The number of carbonyl (C=O) groups is 1. The van der Waals surface area contributed by atoms with Crippen LogP contribution in [0.1, 0.15) is 40.2 Å². The maximum absolute atomic E-state index is 11.0. The largest absolute Gasteiger partial charge is 0.493 e. The van der Waals surface area contributed by atoms with E-state index in [0.717, 1.165) is 12.8 Å². The Hall–Kier alpha value is -2.29. The summed E-state index contributed by atoms with van der Waals surface area (Å²) in [6.45, 7) is 0.597. The molecule has 0 fully saturated rings. The van der Waals surface area contributed by atoms with Crippen LogP contribution in [-0.4, -0.2) is 17.7 Å². The topological polar surface area (TPSA) is 46.5 Å². The average Bonchev–Trinajstić information content (AvgIpc) is 2.53. The molecule has 3 nitrogen and oxygen atoms in total. The van der Waals surface area contributed by atoms with Crippen molar-refractivity contribution in [3.63, 3.8) is 0 Å². The summed E-state index contributed by atoms with van der Waals surface area (Å²) >= 11 is 0. The molecule has 3 heteroatoms. The van der Waals surface area contributed by atoms with E-state index in [1.54, 1.807) is 24.3 Å². The van der Waals surface area contributed by atoms with Crippen LogP contribution >= 0.6 is 0 Å². The second-order valence-electron chi connectivity index (χ2n) is 5.43. The van der Waals surface area contributed by atoms with Gasteiger partial charge in [0, 0.05) is 5.92 Å². The molecule has 1 atom stereocenters. The molecule has 0 aromatic heterocycles. The molecule has 1 aliphatic rings. The summed E-state index contributed by atoms with van der Waals surface area (Å²) in [5, 5.41) is 9.00. The van der Waals surface area contributed by atoms with Gasteiger partial charge in [0.1, 0.15) is 5.75 Å². The number of aromatic carboxylic acids is 1. The van der Waals surface area contributed by atoms with E-state index in [2.05, 4.69) is 24.3 Å². The SMILES string of the molecule is O=C(O)c1cccc(OCC2CCCc3ccccc32)c1. The van der Waals surface area contributed by atoms with Crippen molar-refractivity contribution in [2.24, 2.45) is 0 Å². The van der Waals surface area contributed by atoms with Crippen LogP contribution in [0.2, 0.25) is 0 Å². The first kappa shape index (κ1) is 13.7. The van der Waals surface area contributed by atoms with Gasteiger partial charge in [0.25, 0.3) is 0 Å². The fourth-order valence-electron chi connectivity index (χ4n) is 2.94. The molecule has 0 amide bonds. The lowest BCUT2D eigenvalue weighted by atomic mass is 9.83. The van der Waals surface area contributed by atoms with Crippen LogP contribution in [-0.2, 0) is 6.42 Å². The minimum absolute atomic E-state index is 0.261. The van der Waals surface area contributed by atoms with Gasteiger partial charge in [-0.3, -0.25) is 0 Å². The zero-order valence-electron chi connectivity index (χ0n) is 11.8. The molecule has 0 aliphatic heterocycles. The number of ether oxygens (including phenoxy) is 1. The Balaban J connectivity index is 1.71. The van der Waals surface area contributed by atoms with Crippen LogP contribution in [0.5, 0.6) is 5.75 Å². The van der Waals surface area contributed by atoms with Gasteiger partial charge in [0.15, 0.2) is 0 Å². The fourth-order valence-corrected chi connectivity index (χ4v) is 2.94. The van der Waals surface area contributed by atoms with Crippen LogP contribution in [0.15, 0.2) is 48.5 Å². The van der Waals surface area contributed by atoms with Crippen molar-refractivity contribution < 1.29 is 14.6 Å². The second kappa shape index (κ2) is 6.00. The van der Waals surface area contributed by atoms with Gasteiger partial charge in [-0.05, 0) is 48.6 Å². The molecule has 2 aromatic rings. The molecule has 0 radical (unpaired) electrons. The third kappa shape index (κ3) is 3.07. The minimum atomic E-state index is -0.927. The standard InChI is InChI=1S/C18H18O3/c19-18(20)14-7-4-9-16(11-14)21-12-15-8-3-6-13-5-1-2-10-17(13)15/h1-2,4-5,7,9-11,15H,3,6,8,12H2,(H,19,20). The lowest BCUT2D eigenvalue weighted by Gasteiger charge is -2.25. The molecule has 3 rings (SSSR count). The Morgan fingerprint density at radius 1 is 1.19 bits per heavy atom. The van der Waals surface area contributed by atoms with Crippen molar-refractivity contribution in [3.05, 3.63) is 65.2 Å². The van der Waals surface area contributed by atoms with Crippen LogP contribution in [0.25, 0.3) is 0 Å². The van der Waals surface area contributed by atoms with Gasteiger partial charge in [-0.25, -0.2) is 4.79 Å². The molecule has 2 aromatic carbocycles. The smallest absolute Gasteiger partial charge is 0.335 e. The summed E-state index contributed by atoms with van der Waals surface area (Å²) in [5.74, 6) is 0.0878. The lowest BCUT2D eigenvalue weighted by molar-refractivity contribution is 0.0696. The Kier molecular flexibility index (Phi) is 3.91. The van der Waals surface area contributed by atoms with Gasteiger partial charge >= 0.3 is 5.97 Å².